The number of Topliss-reactive ketones (excluding diaryl/α,β-unsaturated/α-hetero) is 1. The molecule has 14 N–H and O–H groups in total. The van der Waals surface area contributed by atoms with E-state index >= 15 is 0 Å². The second-order valence-corrected chi connectivity index (χ2v) is 18.3. The summed E-state index contributed by atoms with van der Waals surface area (Å²) in [5, 5.41) is 27.4. The molecule has 71 heavy (non-hydrogen) atoms. The van der Waals surface area contributed by atoms with E-state index in [1.54, 1.807) is 19.1 Å². The van der Waals surface area contributed by atoms with E-state index in [4.69, 9.17) is 17.2 Å². The van der Waals surface area contributed by atoms with E-state index in [0.717, 1.165) is 24.2 Å². The number of ketones is 1. The second kappa shape index (κ2) is 29.9. The van der Waals surface area contributed by atoms with Crippen molar-refractivity contribution in [3.8, 4) is 5.75 Å². The van der Waals surface area contributed by atoms with Crippen molar-refractivity contribution < 1.29 is 62.6 Å². The first-order valence-corrected chi connectivity index (χ1v) is 23.7. The van der Waals surface area contributed by atoms with Gasteiger partial charge in [0.15, 0.2) is 5.78 Å². The summed E-state index contributed by atoms with van der Waals surface area (Å²) in [5.74, 6) is -9.89. The van der Waals surface area contributed by atoms with Crippen LogP contribution in [0.15, 0.2) is 24.3 Å². The molecular weight excluding hydrogens is 927 g/mol. The van der Waals surface area contributed by atoms with Gasteiger partial charge in [-0.25, -0.2) is 0 Å². The van der Waals surface area contributed by atoms with Gasteiger partial charge >= 0.3 is 0 Å². The Balaban J connectivity index is 2.39. The van der Waals surface area contributed by atoms with Gasteiger partial charge in [-0.3, -0.25) is 52.7 Å². The van der Waals surface area contributed by atoms with Crippen molar-refractivity contribution in [2.45, 2.75) is 134 Å². The van der Waals surface area contributed by atoms with Gasteiger partial charge in [0, 0.05) is 32.4 Å². The van der Waals surface area contributed by atoms with E-state index in [-0.39, 0.29) is 55.7 Å². The van der Waals surface area contributed by atoms with Crippen LogP contribution < -0.4 is 54.4 Å². The molecule has 0 spiro atoms. The number of likely N-dealkylation sites (N-methyl/N-ethyl adjacent to an activating group) is 1. The minimum absolute atomic E-state index is 0.00678. The van der Waals surface area contributed by atoms with Crippen LogP contribution in [0, 0.1) is 17.8 Å². The average Bonchev–Trinajstić information content (AvgIpc) is 3.32. The maximum absolute atomic E-state index is 14.2. The lowest BCUT2D eigenvalue weighted by atomic mass is 9.75. The Morgan fingerprint density at radius 2 is 1.32 bits per heavy atom. The molecule has 0 aliphatic heterocycles. The van der Waals surface area contributed by atoms with Gasteiger partial charge in [0.25, 0.3) is 0 Å². The van der Waals surface area contributed by atoms with E-state index < -0.39 is 127 Å². The predicted molar refractivity (Wildman–Crippen MR) is 257 cm³/mol. The SMILES string of the molecule is CCC(C)C(C)C(=O)N[C@@H](CCC(N)=O)C(=O)N[C@@H](CC(N)=O)C(=O)N[C@@H](CCC(=O)NCC(=O)N[C@@H](Cc1ccc(O)cc1)C(C)=O)C(=O)N(C)CC(=O)N[C@@](C=O)(CNCC(N)=O)C1CCCCC1. The van der Waals surface area contributed by atoms with E-state index in [1.807, 2.05) is 13.8 Å². The van der Waals surface area contributed by atoms with Gasteiger partial charge < -0.3 is 69.2 Å². The number of carbonyl (C=O) groups excluding carboxylic acids is 12. The molecule has 24 nitrogen and oxygen atoms in total. The smallest absolute Gasteiger partial charge is 0.245 e. The zero-order valence-corrected chi connectivity index (χ0v) is 41.3. The number of rotatable bonds is 32. The summed E-state index contributed by atoms with van der Waals surface area (Å²) in [6.07, 6.45) is 2.47. The Bertz CT molecular complexity index is 2060. The molecule has 1 aromatic rings. The number of amides is 10. The van der Waals surface area contributed by atoms with Crippen LogP contribution in [0.2, 0.25) is 0 Å². The van der Waals surface area contributed by atoms with Gasteiger partial charge in [-0.05, 0) is 68.6 Å². The molecule has 7 atom stereocenters. The van der Waals surface area contributed by atoms with Gasteiger partial charge in [0.05, 0.1) is 32.1 Å². The van der Waals surface area contributed by atoms with Crippen LogP contribution in [0.1, 0.15) is 104 Å². The number of nitrogens with two attached hydrogens (primary N) is 3. The molecule has 394 valence electrons. The van der Waals surface area contributed by atoms with Crippen LogP contribution in [0.5, 0.6) is 5.75 Å². The summed E-state index contributed by atoms with van der Waals surface area (Å²) in [5.41, 5.74) is 15.2. The van der Waals surface area contributed by atoms with E-state index in [1.165, 1.54) is 26.1 Å². The molecule has 2 unspecified atom stereocenters. The Labute approximate surface area is 413 Å². The average molecular weight is 1000 g/mol. The number of nitrogens with one attached hydrogen (secondary N) is 7. The molecule has 24 heteroatoms. The molecule has 1 aliphatic rings. The Morgan fingerprint density at radius 1 is 0.732 bits per heavy atom. The fourth-order valence-corrected chi connectivity index (χ4v) is 7.96. The number of phenols is 1. The van der Waals surface area contributed by atoms with Gasteiger partial charge in [-0.1, -0.05) is 58.6 Å². The van der Waals surface area contributed by atoms with Gasteiger partial charge in [0.2, 0.25) is 59.1 Å². The highest BCUT2D eigenvalue weighted by Gasteiger charge is 2.41. The molecular formula is C47H73N11O13. The monoisotopic (exact) mass is 1000 g/mol. The fourth-order valence-electron chi connectivity index (χ4n) is 7.96. The van der Waals surface area contributed by atoms with Gasteiger partial charge in [-0.15, -0.1) is 0 Å². The van der Waals surface area contributed by atoms with Crippen LogP contribution in [-0.2, 0) is 64.0 Å². The maximum atomic E-state index is 14.2. The first kappa shape index (κ1) is 60.1. The van der Waals surface area contributed by atoms with Crippen molar-refractivity contribution >= 4 is 71.1 Å². The summed E-state index contributed by atoms with van der Waals surface area (Å²) in [4.78, 5) is 156. The summed E-state index contributed by atoms with van der Waals surface area (Å²) < 4.78 is 0. The maximum Gasteiger partial charge on any atom is 0.245 e. The molecule has 1 aliphatic carbocycles. The number of carbonyl (C=O) groups is 12. The number of phenolic OH excluding ortho intramolecular Hbond substituents is 1. The largest absolute Gasteiger partial charge is 0.508 e. The number of nitrogens with zero attached hydrogens (tertiary/aromatic N) is 1. The highest BCUT2D eigenvalue weighted by molar-refractivity contribution is 5.98. The van der Waals surface area contributed by atoms with Crippen molar-refractivity contribution in [3.63, 3.8) is 0 Å². The van der Waals surface area contributed by atoms with Gasteiger partial charge in [0.1, 0.15) is 35.7 Å². The number of aldehydes is 1. The third-order valence-electron chi connectivity index (χ3n) is 12.6. The highest BCUT2D eigenvalue weighted by atomic mass is 16.3. The number of hydrogen-bond acceptors (Lipinski definition) is 14. The topological polar surface area (TPSA) is 391 Å². The Kier molecular flexibility index (Phi) is 25.3. The molecule has 1 aromatic carbocycles. The van der Waals surface area contributed by atoms with Crippen molar-refractivity contribution in [3.05, 3.63) is 29.8 Å². The molecule has 0 radical (unpaired) electrons. The lowest BCUT2D eigenvalue weighted by Crippen LogP contribution is -2.63. The standard InChI is InChI=1S/C47H73N11O13/c1-6-27(2)28(3)43(68)54-33(16-18-37(48)62)44(69)56-36(21-38(49)63)45(70)55-34(17-19-40(65)52-23-41(66)53-35(29(4)60)20-30-12-14-32(61)15-13-30)46(71)58(5)24-42(67)57-47(26-59,25-51-22-39(50)64)31-10-8-7-9-11-31/h12-15,26-28,31,33-36,51,61H,6-11,16-25H2,1-5H3,(H2,48,62)(H2,49,63)(H2,50,64)(H,52,65)(H,53,66)(H,54,68)(H,55,70)(H,56,69)(H,57,67)/t27?,28?,33-,34-,35-,36-,47+/m0/s1. The lowest BCUT2D eigenvalue weighted by Gasteiger charge is -2.39. The van der Waals surface area contributed by atoms with Gasteiger partial charge in [-0.2, -0.15) is 0 Å². The van der Waals surface area contributed by atoms with Crippen LogP contribution >= 0.6 is 0 Å². The zero-order valence-electron chi connectivity index (χ0n) is 41.3. The van der Waals surface area contributed by atoms with Crippen LogP contribution in [0.25, 0.3) is 0 Å². The molecule has 2 rings (SSSR count). The third kappa shape index (κ3) is 21.3. The van der Waals surface area contributed by atoms with Crippen LogP contribution in [-0.4, -0.2) is 144 Å². The number of primary amides is 3. The third-order valence-corrected chi connectivity index (χ3v) is 12.6. The summed E-state index contributed by atoms with van der Waals surface area (Å²) >= 11 is 0. The van der Waals surface area contributed by atoms with Crippen molar-refractivity contribution in [2.75, 3.05) is 33.2 Å². The molecule has 0 heterocycles. The number of hydrogen-bond donors (Lipinski definition) is 11. The van der Waals surface area contributed by atoms with Crippen LogP contribution in [0.4, 0.5) is 0 Å². The summed E-state index contributed by atoms with van der Waals surface area (Å²) in [6.45, 7) is 4.89. The lowest BCUT2D eigenvalue weighted by molar-refractivity contribution is -0.140. The Hall–Kier alpha value is -6.98. The highest BCUT2D eigenvalue weighted by Crippen LogP contribution is 2.32. The number of aromatic hydroxyl groups is 1. The van der Waals surface area contributed by atoms with Crippen molar-refractivity contribution in [1.82, 2.24) is 42.1 Å². The molecule has 0 saturated heterocycles. The minimum atomic E-state index is -1.78. The second-order valence-electron chi connectivity index (χ2n) is 18.3. The first-order chi connectivity index (χ1) is 33.4. The number of benzene rings is 1. The molecule has 1 saturated carbocycles. The zero-order chi connectivity index (χ0) is 53.4. The van der Waals surface area contributed by atoms with Crippen molar-refractivity contribution in [1.29, 1.82) is 0 Å². The van der Waals surface area contributed by atoms with Crippen molar-refractivity contribution in [2.24, 2.45) is 35.0 Å². The van der Waals surface area contributed by atoms with E-state index in [0.29, 0.717) is 31.1 Å². The van der Waals surface area contributed by atoms with Crippen LogP contribution in [0.3, 0.4) is 0 Å². The summed E-state index contributed by atoms with van der Waals surface area (Å²) in [7, 11) is 1.21. The summed E-state index contributed by atoms with van der Waals surface area (Å²) in [6, 6.07) is 0.156. The molecule has 0 bridgehead atoms. The van der Waals surface area contributed by atoms with E-state index in [9.17, 15) is 62.6 Å². The quantitative estimate of drug-likeness (QED) is 0.0329. The minimum Gasteiger partial charge on any atom is -0.508 e. The Morgan fingerprint density at radius 3 is 1.89 bits per heavy atom. The molecule has 1 fully saturated rings. The fraction of sp³-hybridized carbons (Fsp3) is 0.617. The normalized spacial score (nSPS) is 15.8. The van der Waals surface area contributed by atoms with E-state index in [2.05, 4.69) is 37.2 Å². The predicted octanol–water partition coefficient (Wildman–Crippen LogP) is -2.65. The first-order valence-electron chi connectivity index (χ1n) is 23.7. The molecule has 10 amide bonds. The molecule has 0 aromatic heterocycles.